The van der Waals surface area contributed by atoms with Crippen LogP contribution in [0.4, 0.5) is 5.69 Å². The van der Waals surface area contributed by atoms with Gasteiger partial charge in [-0.05, 0) is 36.4 Å². The van der Waals surface area contributed by atoms with Crippen LogP contribution >= 0.6 is 0 Å². The van der Waals surface area contributed by atoms with Crippen molar-refractivity contribution >= 4 is 34.6 Å². The number of benzene rings is 2. The Morgan fingerprint density at radius 3 is 2.39 bits per heavy atom. The average molecular weight is 304 g/mol. The number of anilines is 1. The van der Waals surface area contributed by atoms with Crippen LogP contribution < -0.4 is 5.32 Å². The first-order valence-corrected chi connectivity index (χ1v) is 6.94. The van der Waals surface area contributed by atoms with Crippen LogP contribution in [0.15, 0.2) is 60.7 Å². The summed E-state index contributed by atoms with van der Waals surface area (Å²) in [5.74, 6) is -0.940. The van der Waals surface area contributed by atoms with E-state index < -0.39 is 5.78 Å². The maximum absolute atomic E-state index is 12.2. The van der Waals surface area contributed by atoms with Crippen LogP contribution in [-0.4, -0.2) is 23.0 Å². The number of nitrogens with one attached hydrogen (secondary N) is 1. The van der Waals surface area contributed by atoms with E-state index in [0.717, 1.165) is 10.9 Å². The van der Waals surface area contributed by atoms with Gasteiger partial charge in [-0.25, -0.2) is 4.98 Å². The first-order valence-electron chi connectivity index (χ1n) is 6.94. The molecule has 0 saturated heterocycles. The number of hydrogen-bond acceptors (Lipinski definition) is 4. The molecule has 0 aliphatic rings. The Morgan fingerprint density at radius 2 is 1.65 bits per heavy atom. The maximum atomic E-state index is 12.2. The summed E-state index contributed by atoms with van der Waals surface area (Å²) in [6.07, 6.45) is 0.257. The quantitative estimate of drug-likeness (QED) is 0.457. The lowest BCUT2D eigenvalue weighted by Gasteiger charge is -2.06. The summed E-state index contributed by atoms with van der Waals surface area (Å²) < 4.78 is 0. The van der Waals surface area contributed by atoms with E-state index in [4.69, 9.17) is 0 Å². The molecule has 5 nitrogen and oxygen atoms in total. The summed E-state index contributed by atoms with van der Waals surface area (Å²) >= 11 is 0. The topological polar surface area (TPSA) is 76.1 Å². The first kappa shape index (κ1) is 14.6. The molecule has 1 N–H and O–H groups in total. The Labute approximate surface area is 132 Å². The van der Waals surface area contributed by atoms with Gasteiger partial charge in [0, 0.05) is 16.6 Å². The van der Waals surface area contributed by atoms with Gasteiger partial charge in [0.1, 0.15) is 5.69 Å². The number of Topliss-reactive ketones (excluding diaryl/α,β-unsaturated/α-hetero) is 1. The molecule has 2 aromatic carbocycles. The number of amides is 1. The minimum absolute atomic E-state index is 0.257. The van der Waals surface area contributed by atoms with Crippen LogP contribution in [-0.2, 0) is 4.79 Å². The molecule has 0 spiro atoms. The van der Waals surface area contributed by atoms with Crippen LogP contribution in [0.5, 0.6) is 0 Å². The van der Waals surface area contributed by atoms with Crippen LogP contribution in [0.2, 0.25) is 0 Å². The van der Waals surface area contributed by atoms with E-state index in [2.05, 4.69) is 10.3 Å². The summed E-state index contributed by atoms with van der Waals surface area (Å²) in [5.41, 5.74) is 1.85. The van der Waals surface area contributed by atoms with Crippen molar-refractivity contribution in [1.82, 2.24) is 4.98 Å². The monoisotopic (exact) mass is 304 g/mol. The fraction of sp³-hybridized carbons (Fsp3) is 0. The van der Waals surface area contributed by atoms with Crippen molar-refractivity contribution in [2.75, 3.05) is 5.32 Å². The number of rotatable bonds is 4. The fourth-order valence-corrected chi connectivity index (χ4v) is 2.17. The molecule has 0 fully saturated rings. The number of aromatic nitrogens is 1. The summed E-state index contributed by atoms with van der Waals surface area (Å²) in [7, 11) is 0. The van der Waals surface area contributed by atoms with Gasteiger partial charge in [-0.15, -0.1) is 0 Å². The normalized spacial score (nSPS) is 10.3. The van der Waals surface area contributed by atoms with Gasteiger partial charge in [0.15, 0.2) is 6.29 Å². The number of aldehydes is 1. The third kappa shape index (κ3) is 3.13. The Balaban J connectivity index is 1.80. The average Bonchev–Trinajstić information content (AvgIpc) is 2.61. The zero-order valence-corrected chi connectivity index (χ0v) is 12.0. The Morgan fingerprint density at radius 1 is 0.913 bits per heavy atom. The molecule has 23 heavy (non-hydrogen) atoms. The molecule has 1 amide bonds. The lowest BCUT2D eigenvalue weighted by atomic mass is 10.1. The van der Waals surface area contributed by atoms with E-state index in [-0.39, 0.29) is 17.8 Å². The zero-order valence-electron chi connectivity index (χ0n) is 12.0. The third-order valence-electron chi connectivity index (χ3n) is 3.37. The second-order valence-corrected chi connectivity index (χ2v) is 4.90. The second-order valence-electron chi connectivity index (χ2n) is 4.90. The van der Waals surface area contributed by atoms with Crippen molar-refractivity contribution in [2.45, 2.75) is 0 Å². The standard InChI is InChI=1S/C18H12N2O3/c21-11-17(22)13-5-8-14(9-6-13)19-18(23)16-10-7-12-3-1-2-4-15(12)20-16/h1-11H,(H,19,23). The molecule has 1 heterocycles. The molecule has 0 bridgehead atoms. The summed E-state index contributed by atoms with van der Waals surface area (Å²) in [4.78, 5) is 38.2. The van der Waals surface area contributed by atoms with Crippen molar-refractivity contribution in [2.24, 2.45) is 0 Å². The molecule has 0 radical (unpaired) electrons. The van der Waals surface area contributed by atoms with E-state index in [1.807, 2.05) is 30.3 Å². The number of pyridine rings is 1. The predicted octanol–water partition coefficient (Wildman–Crippen LogP) is 2.87. The van der Waals surface area contributed by atoms with E-state index >= 15 is 0 Å². The molecule has 0 unspecified atom stereocenters. The predicted molar refractivity (Wildman–Crippen MR) is 86.5 cm³/mol. The zero-order chi connectivity index (χ0) is 16.2. The Bertz CT molecular complexity index is 902. The Hall–Kier alpha value is -3.34. The minimum Gasteiger partial charge on any atom is -0.321 e. The summed E-state index contributed by atoms with van der Waals surface area (Å²) in [6, 6.07) is 17.1. The molecule has 3 rings (SSSR count). The van der Waals surface area contributed by atoms with Gasteiger partial charge in [-0.3, -0.25) is 14.4 Å². The highest BCUT2D eigenvalue weighted by molar-refractivity contribution is 6.33. The molecular formula is C18H12N2O3. The highest BCUT2D eigenvalue weighted by Crippen LogP contribution is 2.14. The van der Waals surface area contributed by atoms with Gasteiger partial charge < -0.3 is 5.32 Å². The van der Waals surface area contributed by atoms with Gasteiger partial charge in [0.25, 0.3) is 5.91 Å². The molecule has 5 heteroatoms. The number of carbonyl (C=O) groups excluding carboxylic acids is 3. The summed E-state index contributed by atoms with van der Waals surface area (Å²) in [6.45, 7) is 0. The van der Waals surface area contributed by atoms with Crippen molar-refractivity contribution in [1.29, 1.82) is 0 Å². The van der Waals surface area contributed by atoms with E-state index in [1.165, 1.54) is 12.1 Å². The summed E-state index contributed by atoms with van der Waals surface area (Å²) in [5, 5.41) is 3.67. The molecule has 0 atom stereocenters. The van der Waals surface area contributed by atoms with Crippen LogP contribution in [0, 0.1) is 0 Å². The molecule has 0 aliphatic carbocycles. The number of ketones is 1. The fourth-order valence-electron chi connectivity index (χ4n) is 2.17. The smallest absolute Gasteiger partial charge is 0.274 e. The van der Waals surface area contributed by atoms with E-state index in [0.29, 0.717) is 11.4 Å². The van der Waals surface area contributed by atoms with Crippen molar-refractivity contribution in [3.8, 4) is 0 Å². The number of nitrogens with zero attached hydrogens (tertiary/aromatic N) is 1. The molecule has 1 aromatic heterocycles. The van der Waals surface area contributed by atoms with Gasteiger partial charge in [-0.2, -0.15) is 0 Å². The van der Waals surface area contributed by atoms with E-state index in [1.54, 1.807) is 18.2 Å². The van der Waals surface area contributed by atoms with Crippen LogP contribution in [0.1, 0.15) is 20.8 Å². The minimum atomic E-state index is -0.598. The number of fused-ring (bicyclic) bond motifs is 1. The highest BCUT2D eigenvalue weighted by atomic mass is 16.2. The first-order chi connectivity index (χ1) is 11.2. The third-order valence-corrected chi connectivity index (χ3v) is 3.37. The molecule has 3 aromatic rings. The van der Waals surface area contributed by atoms with Gasteiger partial charge in [0.05, 0.1) is 5.52 Å². The molecule has 0 aliphatic heterocycles. The van der Waals surface area contributed by atoms with Gasteiger partial charge in [-0.1, -0.05) is 24.3 Å². The highest BCUT2D eigenvalue weighted by Gasteiger charge is 2.09. The van der Waals surface area contributed by atoms with Gasteiger partial charge >= 0.3 is 0 Å². The molecule has 112 valence electrons. The lowest BCUT2D eigenvalue weighted by Crippen LogP contribution is -2.13. The molecular weight excluding hydrogens is 292 g/mol. The number of hydrogen-bond donors (Lipinski definition) is 1. The van der Waals surface area contributed by atoms with E-state index in [9.17, 15) is 14.4 Å². The SMILES string of the molecule is O=CC(=O)c1ccc(NC(=O)c2ccc3ccccc3n2)cc1. The maximum Gasteiger partial charge on any atom is 0.274 e. The van der Waals surface area contributed by atoms with Crippen molar-refractivity contribution in [3.63, 3.8) is 0 Å². The molecule has 0 saturated carbocycles. The van der Waals surface area contributed by atoms with Crippen molar-refractivity contribution < 1.29 is 14.4 Å². The number of para-hydroxylation sites is 1. The van der Waals surface area contributed by atoms with Crippen LogP contribution in [0.25, 0.3) is 10.9 Å². The Kier molecular flexibility index (Phi) is 3.93. The lowest BCUT2D eigenvalue weighted by molar-refractivity contribution is -0.104. The second kappa shape index (κ2) is 6.19. The van der Waals surface area contributed by atoms with Crippen molar-refractivity contribution in [3.05, 3.63) is 71.9 Å². The van der Waals surface area contributed by atoms with Gasteiger partial charge in [0.2, 0.25) is 5.78 Å². The number of carbonyl (C=O) groups is 3. The largest absolute Gasteiger partial charge is 0.321 e. The van der Waals surface area contributed by atoms with Crippen LogP contribution in [0.3, 0.4) is 0 Å².